The highest BCUT2D eigenvalue weighted by Gasteiger charge is 2.13. The van der Waals surface area contributed by atoms with E-state index in [4.69, 9.17) is 0 Å². The van der Waals surface area contributed by atoms with E-state index in [-0.39, 0.29) is 0 Å². The van der Waals surface area contributed by atoms with E-state index in [0.29, 0.717) is 5.92 Å². The minimum Gasteiger partial charge on any atom is -0.0952 e. The van der Waals surface area contributed by atoms with Gasteiger partial charge in [0.25, 0.3) is 0 Å². The van der Waals surface area contributed by atoms with Gasteiger partial charge in [0.15, 0.2) is 0 Å². The van der Waals surface area contributed by atoms with E-state index in [1.54, 1.807) is 0 Å². The first kappa shape index (κ1) is 20.2. The molecule has 138 valence electrons. The van der Waals surface area contributed by atoms with Gasteiger partial charge in [-0.1, -0.05) is 81.0 Å². The van der Waals surface area contributed by atoms with Crippen LogP contribution in [0.15, 0.2) is 48.6 Å². The van der Waals surface area contributed by atoms with E-state index in [1.165, 1.54) is 44.5 Å². The second kappa shape index (κ2) is 9.03. The van der Waals surface area contributed by atoms with Crippen molar-refractivity contribution in [1.29, 1.82) is 0 Å². The average molecular weight is 347 g/mol. The zero-order chi connectivity index (χ0) is 19.3. The molecule has 0 nitrogen and oxygen atoms in total. The van der Waals surface area contributed by atoms with Crippen molar-refractivity contribution in [2.45, 2.75) is 60.8 Å². The molecule has 0 amide bonds. The molecule has 2 aromatic carbocycles. The van der Waals surface area contributed by atoms with Crippen LogP contribution in [-0.2, 0) is 12.8 Å². The summed E-state index contributed by atoms with van der Waals surface area (Å²) in [6.45, 7) is 17.7. The number of aryl methyl sites for hydroxylation is 3. The van der Waals surface area contributed by atoms with Crippen molar-refractivity contribution in [3.05, 3.63) is 81.9 Å². The van der Waals surface area contributed by atoms with Gasteiger partial charge in [-0.3, -0.25) is 0 Å². The Morgan fingerprint density at radius 3 is 2.23 bits per heavy atom. The van der Waals surface area contributed by atoms with E-state index < -0.39 is 0 Å². The van der Waals surface area contributed by atoms with Gasteiger partial charge in [0.1, 0.15) is 0 Å². The molecule has 0 heterocycles. The Bertz CT molecular complexity index is 786. The molecule has 0 saturated heterocycles. The molecule has 0 heteroatoms. The summed E-state index contributed by atoms with van der Waals surface area (Å²) >= 11 is 0. The molecule has 0 aliphatic carbocycles. The Balaban J connectivity index is 2.47. The van der Waals surface area contributed by atoms with E-state index >= 15 is 0 Å². The third-order valence-electron chi connectivity index (χ3n) is 5.45. The van der Waals surface area contributed by atoms with Crippen LogP contribution in [0, 0.1) is 19.8 Å². The largest absolute Gasteiger partial charge is 0.0952 e. The summed E-state index contributed by atoms with van der Waals surface area (Å²) in [5, 5.41) is 0. The molecule has 0 fully saturated rings. The molecule has 2 aromatic rings. The highest BCUT2D eigenvalue weighted by molar-refractivity contribution is 5.73. The fourth-order valence-electron chi connectivity index (χ4n) is 3.19. The lowest BCUT2D eigenvalue weighted by atomic mass is 9.87. The zero-order valence-corrected chi connectivity index (χ0v) is 17.4. The molecule has 0 N–H and O–H groups in total. The van der Waals surface area contributed by atoms with Gasteiger partial charge >= 0.3 is 0 Å². The average Bonchev–Trinajstić information content (AvgIpc) is 2.62. The molecule has 0 aliphatic heterocycles. The number of benzene rings is 2. The first-order chi connectivity index (χ1) is 12.3. The van der Waals surface area contributed by atoms with Crippen LogP contribution < -0.4 is 0 Å². The second-order valence-corrected chi connectivity index (χ2v) is 7.81. The molecule has 0 unspecified atom stereocenters. The van der Waals surface area contributed by atoms with Crippen molar-refractivity contribution in [3.8, 4) is 0 Å². The molecular formula is C26H34. The van der Waals surface area contributed by atoms with Gasteiger partial charge in [0.2, 0.25) is 0 Å². The fraction of sp³-hybridized carbons (Fsp3) is 0.385. The van der Waals surface area contributed by atoms with Crippen LogP contribution in [-0.4, -0.2) is 0 Å². The molecule has 0 atom stereocenters. The van der Waals surface area contributed by atoms with Crippen LogP contribution in [0.3, 0.4) is 0 Å². The molecular weight excluding hydrogens is 312 g/mol. The van der Waals surface area contributed by atoms with Crippen molar-refractivity contribution >= 4 is 11.6 Å². The van der Waals surface area contributed by atoms with E-state index in [2.05, 4.69) is 90.6 Å². The summed E-state index contributed by atoms with van der Waals surface area (Å²) in [5.74, 6) is 0.567. The summed E-state index contributed by atoms with van der Waals surface area (Å²) in [4.78, 5) is 0. The van der Waals surface area contributed by atoms with Crippen LogP contribution in [0.25, 0.3) is 11.6 Å². The molecule has 2 rings (SSSR count). The highest BCUT2D eigenvalue weighted by atomic mass is 14.2. The molecule has 0 saturated carbocycles. The van der Waals surface area contributed by atoms with Crippen molar-refractivity contribution < 1.29 is 0 Å². The van der Waals surface area contributed by atoms with Crippen molar-refractivity contribution in [2.24, 2.45) is 5.92 Å². The van der Waals surface area contributed by atoms with Crippen molar-refractivity contribution in [3.63, 3.8) is 0 Å². The van der Waals surface area contributed by atoms with E-state index in [9.17, 15) is 0 Å². The summed E-state index contributed by atoms with van der Waals surface area (Å²) in [7, 11) is 0. The quantitative estimate of drug-likeness (QED) is 0.485. The van der Waals surface area contributed by atoms with Crippen molar-refractivity contribution in [1.82, 2.24) is 0 Å². The Morgan fingerprint density at radius 1 is 1.00 bits per heavy atom. The highest BCUT2D eigenvalue weighted by Crippen LogP contribution is 2.30. The van der Waals surface area contributed by atoms with Gasteiger partial charge in [-0.15, -0.1) is 0 Å². The third-order valence-corrected chi connectivity index (χ3v) is 5.45. The maximum absolute atomic E-state index is 4.34. The monoisotopic (exact) mass is 346 g/mol. The van der Waals surface area contributed by atoms with Gasteiger partial charge in [0.05, 0.1) is 0 Å². The predicted molar refractivity (Wildman–Crippen MR) is 118 cm³/mol. The maximum Gasteiger partial charge on any atom is -0.0189 e. The normalized spacial score (nSPS) is 11.9. The zero-order valence-electron chi connectivity index (χ0n) is 17.4. The van der Waals surface area contributed by atoms with Crippen LogP contribution in [0.2, 0.25) is 0 Å². The number of hydrogen-bond acceptors (Lipinski definition) is 0. The Hall–Kier alpha value is -2.08. The van der Waals surface area contributed by atoms with Crippen LogP contribution in [0.1, 0.15) is 67.5 Å². The summed E-state index contributed by atoms with van der Waals surface area (Å²) in [5.41, 5.74) is 10.9. The van der Waals surface area contributed by atoms with Crippen molar-refractivity contribution in [2.75, 3.05) is 0 Å². The molecule has 0 radical (unpaired) electrons. The molecule has 26 heavy (non-hydrogen) atoms. The topological polar surface area (TPSA) is 0 Å². The minimum absolute atomic E-state index is 0.567. The summed E-state index contributed by atoms with van der Waals surface area (Å²) in [6, 6.07) is 13.5. The first-order valence-corrected chi connectivity index (χ1v) is 9.87. The standard InChI is InChI=1S/C26H34/c1-8-20(5)24-15-11-21(6)26(17-22(7)18(2)3)25(24)16-14-23-12-9-19(4)10-13-23/h9-13,15,17-18H,5,8,14,16H2,1-4,6-7H3/b22-17+. The van der Waals surface area contributed by atoms with Crippen LogP contribution in [0.5, 0.6) is 0 Å². The van der Waals surface area contributed by atoms with Crippen LogP contribution >= 0.6 is 0 Å². The predicted octanol–water partition coefficient (Wildman–Crippen LogP) is 7.57. The SMILES string of the molecule is C=C(CC)c1ccc(C)c(/C=C(\C)C(C)C)c1CCc1ccc(C)cc1. The summed E-state index contributed by atoms with van der Waals surface area (Å²) in [6.07, 6.45) is 5.51. The number of hydrogen-bond donors (Lipinski definition) is 0. The lowest BCUT2D eigenvalue weighted by molar-refractivity contribution is 0.775. The maximum atomic E-state index is 4.34. The van der Waals surface area contributed by atoms with E-state index in [1.807, 2.05) is 0 Å². The van der Waals surface area contributed by atoms with Gasteiger partial charge in [0, 0.05) is 0 Å². The minimum atomic E-state index is 0.567. The molecule has 0 aliphatic rings. The van der Waals surface area contributed by atoms with Gasteiger partial charge in [-0.05, 0) is 79.3 Å². The molecule has 0 aromatic heterocycles. The Labute approximate surface area is 160 Å². The lowest BCUT2D eigenvalue weighted by Gasteiger charge is -2.18. The smallest absolute Gasteiger partial charge is 0.0189 e. The molecule has 0 bridgehead atoms. The van der Waals surface area contributed by atoms with Gasteiger partial charge in [-0.2, -0.15) is 0 Å². The number of rotatable bonds is 7. The fourth-order valence-corrected chi connectivity index (χ4v) is 3.19. The van der Waals surface area contributed by atoms with Gasteiger partial charge in [-0.25, -0.2) is 0 Å². The van der Waals surface area contributed by atoms with Gasteiger partial charge < -0.3 is 0 Å². The van der Waals surface area contributed by atoms with Crippen LogP contribution in [0.4, 0.5) is 0 Å². The third kappa shape index (κ3) is 4.97. The first-order valence-electron chi connectivity index (χ1n) is 9.87. The summed E-state index contributed by atoms with van der Waals surface area (Å²) < 4.78 is 0. The number of allylic oxidation sites excluding steroid dienone is 2. The second-order valence-electron chi connectivity index (χ2n) is 7.81. The Morgan fingerprint density at radius 2 is 1.65 bits per heavy atom. The Kier molecular flexibility index (Phi) is 7.03. The van der Waals surface area contributed by atoms with E-state index in [0.717, 1.165) is 19.3 Å². The molecule has 0 spiro atoms. The lowest BCUT2D eigenvalue weighted by Crippen LogP contribution is -2.03.